The minimum atomic E-state index is 0.00919. The van der Waals surface area contributed by atoms with E-state index in [0.717, 1.165) is 23.5 Å². The molecule has 1 aliphatic rings. The molecule has 0 radical (unpaired) electrons. The van der Waals surface area contributed by atoms with E-state index in [0.29, 0.717) is 6.42 Å². The summed E-state index contributed by atoms with van der Waals surface area (Å²) < 4.78 is 5.38. The van der Waals surface area contributed by atoms with Crippen molar-refractivity contribution in [2.45, 2.75) is 32.6 Å². The molecule has 2 rings (SSSR count). The van der Waals surface area contributed by atoms with Crippen LogP contribution in [0.15, 0.2) is 18.2 Å². The highest BCUT2D eigenvalue weighted by molar-refractivity contribution is 5.99. The van der Waals surface area contributed by atoms with E-state index in [4.69, 9.17) is 4.74 Å². The van der Waals surface area contributed by atoms with Crippen molar-refractivity contribution in [1.29, 1.82) is 0 Å². The molecule has 3 nitrogen and oxygen atoms in total. The highest BCUT2D eigenvalue weighted by atomic mass is 16.5. The summed E-state index contributed by atoms with van der Waals surface area (Å²) in [5.74, 6) is 1.09. The molecule has 92 valence electrons. The third kappa shape index (κ3) is 2.14. The standard InChI is InChI=1S/C14H19NO2/c1-14(2,3)11-9-10(5-6-12(11)17-4)15-8-7-13(15)16/h5-6,9H,7-8H2,1-4H3. The molecule has 1 aliphatic heterocycles. The maximum atomic E-state index is 11.4. The van der Waals surface area contributed by atoms with Crippen LogP contribution in [-0.4, -0.2) is 19.6 Å². The third-order valence-corrected chi connectivity index (χ3v) is 3.15. The van der Waals surface area contributed by atoms with E-state index in [2.05, 4.69) is 26.8 Å². The molecule has 0 bridgehead atoms. The number of methoxy groups -OCH3 is 1. The van der Waals surface area contributed by atoms with Crippen molar-refractivity contribution < 1.29 is 9.53 Å². The van der Waals surface area contributed by atoms with Crippen LogP contribution in [-0.2, 0) is 10.2 Å². The van der Waals surface area contributed by atoms with Gasteiger partial charge in [-0.1, -0.05) is 20.8 Å². The Morgan fingerprint density at radius 2 is 2.00 bits per heavy atom. The first kappa shape index (κ1) is 12.0. The van der Waals surface area contributed by atoms with Gasteiger partial charge in [-0.25, -0.2) is 0 Å². The smallest absolute Gasteiger partial charge is 0.228 e. The van der Waals surface area contributed by atoms with Crippen LogP contribution in [0.5, 0.6) is 5.75 Å². The van der Waals surface area contributed by atoms with E-state index in [9.17, 15) is 4.79 Å². The number of hydrogen-bond donors (Lipinski definition) is 0. The summed E-state index contributed by atoms with van der Waals surface area (Å²) in [6.07, 6.45) is 0.664. The molecule has 0 atom stereocenters. The molecule has 1 amide bonds. The number of rotatable bonds is 2. The second-order valence-electron chi connectivity index (χ2n) is 5.43. The lowest BCUT2D eigenvalue weighted by atomic mass is 9.86. The summed E-state index contributed by atoms with van der Waals surface area (Å²) in [5.41, 5.74) is 2.12. The Bertz CT molecular complexity index is 446. The molecule has 0 saturated carbocycles. The SMILES string of the molecule is COc1ccc(N2CCC2=O)cc1C(C)(C)C. The fourth-order valence-corrected chi connectivity index (χ4v) is 2.04. The molecule has 0 aliphatic carbocycles. The summed E-state index contributed by atoms with van der Waals surface area (Å²) in [6, 6.07) is 5.96. The van der Waals surface area contributed by atoms with Gasteiger partial charge in [0.1, 0.15) is 5.75 Å². The molecule has 0 N–H and O–H groups in total. The summed E-state index contributed by atoms with van der Waals surface area (Å²) >= 11 is 0. The maximum absolute atomic E-state index is 11.4. The molecule has 1 saturated heterocycles. The van der Waals surface area contributed by atoms with E-state index in [-0.39, 0.29) is 11.3 Å². The van der Waals surface area contributed by atoms with Gasteiger partial charge in [0.2, 0.25) is 5.91 Å². The predicted molar refractivity (Wildman–Crippen MR) is 68.7 cm³/mol. The third-order valence-electron chi connectivity index (χ3n) is 3.15. The number of ether oxygens (including phenoxy) is 1. The fraction of sp³-hybridized carbons (Fsp3) is 0.500. The zero-order chi connectivity index (χ0) is 12.6. The van der Waals surface area contributed by atoms with Gasteiger partial charge in [-0.05, 0) is 23.6 Å². The lowest BCUT2D eigenvalue weighted by Crippen LogP contribution is -2.43. The van der Waals surface area contributed by atoms with Crippen LogP contribution in [0.1, 0.15) is 32.8 Å². The molecule has 3 heteroatoms. The number of anilines is 1. The van der Waals surface area contributed by atoms with Crippen LogP contribution in [0.25, 0.3) is 0 Å². The van der Waals surface area contributed by atoms with E-state index >= 15 is 0 Å². The predicted octanol–water partition coefficient (Wildman–Crippen LogP) is 2.73. The van der Waals surface area contributed by atoms with E-state index in [1.165, 1.54) is 0 Å². The Kier molecular flexibility index (Phi) is 2.86. The molecule has 1 aromatic carbocycles. The van der Waals surface area contributed by atoms with Crippen LogP contribution in [0.3, 0.4) is 0 Å². The quantitative estimate of drug-likeness (QED) is 0.735. The monoisotopic (exact) mass is 233 g/mol. The van der Waals surface area contributed by atoms with Gasteiger partial charge in [0.05, 0.1) is 7.11 Å². The number of nitrogens with zero attached hydrogens (tertiary/aromatic N) is 1. The summed E-state index contributed by atoms with van der Waals surface area (Å²) in [4.78, 5) is 13.3. The second-order valence-corrected chi connectivity index (χ2v) is 5.43. The van der Waals surface area contributed by atoms with Gasteiger partial charge in [-0.15, -0.1) is 0 Å². The number of amides is 1. The van der Waals surface area contributed by atoms with Crippen molar-refractivity contribution >= 4 is 11.6 Å². The first-order chi connectivity index (χ1) is 7.93. The van der Waals surface area contributed by atoms with Gasteiger partial charge >= 0.3 is 0 Å². The van der Waals surface area contributed by atoms with Crippen LogP contribution >= 0.6 is 0 Å². The Morgan fingerprint density at radius 1 is 1.29 bits per heavy atom. The van der Waals surface area contributed by atoms with Gasteiger partial charge in [0, 0.05) is 24.2 Å². The Hall–Kier alpha value is -1.51. The van der Waals surface area contributed by atoms with Crippen molar-refractivity contribution in [3.05, 3.63) is 23.8 Å². The number of carbonyl (C=O) groups is 1. The van der Waals surface area contributed by atoms with Crippen LogP contribution in [0.2, 0.25) is 0 Å². The molecule has 1 aromatic rings. The minimum Gasteiger partial charge on any atom is -0.496 e. The number of benzene rings is 1. The molecule has 0 aromatic heterocycles. The van der Waals surface area contributed by atoms with Crippen LogP contribution in [0, 0.1) is 0 Å². The van der Waals surface area contributed by atoms with E-state index < -0.39 is 0 Å². The van der Waals surface area contributed by atoms with Crippen molar-refractivity contribution in [2.24, 2.45) is 0 Å². The van der Waals surface area contributed by atoms with Crippen molar-refractivity contribution in [1.82, 2.24) is 0 Å². The average Bonchev–Trinajstić information content (AvgIpc) is 2.26. The maximum Gasteiger partial charge on any atom is 0.228 e. The van der Waals surface area contributed by atoms with Gasteiger partial charge in [0.25, 0.3) is 0 Å². The second kappa shape index (κ2) is 4.06. The highest BCUT2D eigenvalue weighted by Crippen LogP contribution is 2.35. The van der Waals surface area contributed by atoms with Gasteiger partial charge in [-0.2, -0.15) is 0 Å². The van der Waals surface area contributed by atoms with Crippen molar-refractivity contribution in [2.75, 3.05) is 18.6 Å². The molecular weight excluding hydrogens is 214 g/mol. The first-order valence-corrected chi connectivity index (χ1v) is 5.92. The lowest BCUT2D eigenvalue weighted by Gasteiger charge is -2.32. The summed E-state index contributed by atoms with van der Waals surface area (Å²) in [5, 5.41) is 0. The van der Waals surface area contributed by atoms with Crippen LogP contribution in [0.4, 0.5) is 5.69 Å². The lowest BCUT2D eigenvalue weighted by molar-refractivity contribution is -0.122. The van der Waals surface area contributed by atoms with E-state index in [1.54, 1.807) is 7.11 Å². The zero-order valence-corrected chi connectivity index (χ0v) is 10.9. The Morgan fingerprint density at radius 3 is 2.41 bits per heavy atom. The zero-order valence-electron chi connectivity index (χ0n) is 10.9. The summed E-state index contributed by atoms with van der Waals surface area (Å²) in [6.45, 7) is 7.26. The molecule has 1 fully saturated rings. The van der Waals surface area contributed by atoms with Gasteiger partial charge < -0.3 is 9.64 Å². The van der Waals surface area contributed by atoms with Gasteiger partial charge in [0.15, 0.2) is 0 Å². The normalized spacial score (nSPS) is 15.8. The largest absolute Gasteiger partial charge is 0.496 e. The van der Waals surface area contributed by atoms with Crippen molar-refractivity contribution in [3.63, 3.8) is 0 Å². The molecular formula is C14H19NO2. The number of hydrogen-bond acceptors (Lipinski definition) is 2. The Labute approximate surface area is 102 Å². The molecule has 0 spiro atoms. The van der Waals surface area contributed by atoms with E-state index in [1.807, 2.05) is 17.0 Å². The minimum absolute atomic E-state index is 0.00919. The summed E-state index contributed by atoms with van der Waals surface area (Å²) in [7, 11) is 1.68. The average molecular weight is 233 g/mol. The molecule has 0 unspecified atom stereocenters. The van der Waals surface area contributed by atoms with Crippen LogP contribution < -0.4 is 9.64 Å². The van der Waals surface area contributed by atoms with Gasteiger partial charge in [-0.3, -0.25) is 4.79 Å². The fourth-order valence-electron chi connectivity index (χ4n) is 2.04. The first-order valence-electron chi connectivity index (χ1n) is 5.92. The number of β-lactam (4-membered cyclic amide) rings is 1. The van der Waals surface area contributed by atoms with Crippen molar-refractivity contribution in [3.8, 4) is 5.75 Å². The topological polar surface area (TPSA) is 29.5 Å². The Balaban J connectivity index is 2.41. The molecule has 17 heavy (non-hydrogen) atoms. The highest BCUT2D eigenvalue weighted by Gasteiger charge is 2.27. The number of carbonyl (C=O) groups excluding carboxylic acids is 1. The molecule has 1 heterocycles.